The molecule has 0 spiro atoms. The molecule has 0 aliphatic carbocycles. The molecule has 0 amide bonds. The largest absolute Gasteiger partial charge is 0.494 e. The van der Waals surface area contributed by atoms with Crippen LogP contribution in [0.3, 0.4) is 0 Å². The van der Waals surface area contributed by atoms with Crippen molar-refractivity contribution in [3.8, 4) is 28.6 Å². The van der Waals surface area contributed by atoms with Crippen LogP contribution in [0.1, 0.15) is 12.5 Å². The molecule has 3 heterocycles. The molecule has 0 radical (unpaired) electrons. The number of nitrogens with zero attached hydrogens (tertiary/aromatic N) is 6. The molecule has 0 atom stereocenters. The number of rotatable bonds is 7. The topological polar surface area (TPSA) is 79.4 Å². The molecule has 0 saturated heterocycles. The number of hydrogen-bond acceptors (Lipinski definition) is 6. The van der Waals surface area contributed by atoms with Crippen molar-refractivity contribution in [3.05, 3.63) is 97.0 Å². The molecule has 0 N–H and O–H groups in total. The van der Waals surface area contributed by atoms with Crippen LogP contribution in [0.5, 0.6) is 11.5 Å². The van der Waals surface area contributed by atoms with E-state index in [4.69, 9.17) is 14.5 Å². The first-order valence-electron chi connectivity index (χ1n) is 11.4. The molecule has 3 aromatic heterocycles. The first kappa shape index (κ1) is 20.9. The average Bonchev–Trinajstić information content (AvgIpc) is 3.54. The maximum absolute atomic E-state index is 5.95. The van der Waals surface area contributed by atoms with E-state index in [0.717, 1.165) is 39.3 Å². The van der Waals surface area contributed by atoms with Gasteiger partial charge in [-0.1, -0.05) is 36.4 Å². The Bertz CT molecular complexity index is 1610. The molecule has 6 aromatic rings. The minimum atomic E-state index is 0.435. The van der Waals surface area contributed by atoms with Crippen LogP contribution < -0.4 is 9.47 Å². The molecule has 0 fully saturated rings. The zero-order valence-corrected chi connectivity index (χ0v) is 19.1. The summed E-state index contributed by atoms with van der Waals surface area (Å²) in [5.74, 6) is 2.24. The van der Waals surface area contributed by atoms with Gasteiger partial charge < -0.3 is 9.47 Å². The van der Waals surface area contributed by atoms with E-state index < -0.39 is 0 Å². The van der Waals surface area contributed by atoms with Gasteiger partial charge >= 0.3 is 0 Å². The van der Waals surface area contributed by atoms with Crippen molar-refractivity contribution in [1.82, 2.24) is 29.4 Å². The Labute approximate surface area is 201 Å². The second kappa shape index (κ2) is 8.90. The van der Waals surface area contributed by atoms with Gasteiger partial charge in [0.1, 0.15) is 24.4 Å². The smallest absolute Gasteiger partial charge is 0.182 e. The van der Waals surface area contributed by atoms with Crippen LogP contribution in [-0.2, 0) is 6.61 Å². The molecular weight excluding hydrogens is 440 g/mol. The number of aromatic nitrogens is 6. The lowest BCUT2D eigenvalue weighted by molar-refractivity contribution is 0.304. The van der Waals surface area contributed by atoms with Crippen LogP contribution in [-0.4, -0.2) is 36.0 Å². The summed E-state index contributed by atoms with van der Waals surface area (Å²) in [6, 6.07) is 25.6. The highest BCUT2D eigenvalue weighted by Crippen LogP contribution is 2.24. The Balaban J connectivity index is 1.27. The Morgan fingerprint density at radius 2 is 1.63 bits per heavy atom. The summed E-state index contributed by atoms with van der Waals surface area (Å²) in [4.78, 5) is 9.39. The van der Waals surface area contributed by atoms with Crippen molar-refractivity contribution in [2.45, 2.75) is 13.5 Å². The SMILES string of the molecule is CCOc1ccc(OCc2cccc(-c3nc4c5cnn(-c6ccccc6)c5ncn4n3)c2)cc1. The molecule has 8 nitrogen and oxygen atoms in total. The standard InChI is InChI=1S/C27H22N6O2/c1-2-34-22-11-13-23(14-12-22)35-17-19-7-6-8-20(15-19)25-30-27-24-16-29-33(21-9-4-3-5-10-21)26(24)28-18-32(27)31-25/h3-16,18H,2,17H2,1H3. The van der Waals surface area contributed by atoms with Crippen molar-refractivity contribution >= 4 is 16.7 Å². The number of hydrogen-bond donors (Lipinski definition) is 0. The zero-order chi connectivity index (χ0) is 23.6. The first-order valence-corrected chi connectivity index (χ1v) is 11.4. The Morgan fingerprint density at radius 1 is 0.829 bits per heavy atom. The third-order valence-corrected chi connectivity index (χ3v) is 5.63. The van der Waals surface area contributed by atoms with Crippen molar-refractivity contribution in [2.24, 2.45) is 0 Å². The number of ether oxygens (including phenoxy) is 2. The Kier molecular flexibility index (Phi) is 5.31. The molecule has 3 aromatic carbocycles. The number of benzene rings is 3. The van der Waals surface area contributed by atoms with Gasteiger partial charge in [0, 0.05) is 5.56 Å². The van der Waals surface area contributed by atoms with E-state index in [9.17, 15) is 0 Å². The summed E-state index contributed by atoms with van der Waals surface area (Å²) in [6.07, 6.45) is 3.46. The average molecular weight is 463 g/mol. The third kappa shape index (κ3) is 4.06. The van der Waals surface area contributed by atoms with E-state index in [1.54, 1.807) is 17.0 Å². The molecule has 0 bridgehead atoms. The molecule has 0 unspecified atom stereocenters. The molecular formula is C27H22N6O2. The van der Waals surface area contributed by atoms with E-state index in [1.165, 1.54) is 0 Å². The molecule has 172 valence electrons. The van der Waals surface area contributed by atoms with Crippen LogP contribution in [0.25, 0.3) is 33.8 Å². The molecule has 0 saturated carbocycles. The number of para-hydroxylation sites is 1. The van der Waals surface area contributed by atoms with Gasteiger partial charge in [0.15, 0.2) is 17.1 Å². The minimum absolute atomic E-state index is 0.435. The lowest BCUT2D eigenvalue weighted by Crippen LogP contribution is -1.98. The lowest BCUT2D eigenvalue weighted by atomic mass is 10.1. The fourth-order valence-electron chi connectivity index (χ4n) is 3.97. The third-order valence-electron chi connectivity index (χ3n) is 5.63. The predicted octanol–water partition coefficient (Wildman–Crippen LogP) is 5.11. The van der Waals surface area contributed by atoms with Crippen molar-refractivity contribution < 1.29 is 9.47 Å². The molecule has 8 heteroatoms. The van der Waals surface area contributed by atoms with Crippen molar-refractivity contribution in [3.63, 3.8) is 0 Å². The van der Waals surface area contributed by atoms with E-state index in [2.05, 4.69) is 15.2 Å². The molecule has 0 aliphatic heterocycles. The van der Waals surface area contributed by atoms with Gasteiger partial charge in [-0.25, -0.2) is 19.2 Å². The van der Waals surface area contributed by atoms with Crippen molar-refractivity contribution in [1.29, 1.82) is 0 Å². The highest BCUT2D eigenvalue weighted by atomic mass is 16.5. The zero-order valence-electron chi connectivity index (χ0n) is 19.1. The van der Waals surface area contributed by atoms with Crippen molar-refractivity contribution in [2.75, 3.05) is 6.61 Å². The maximum atomic E-state index is 5.95. The van der Waals surface area contributed by atoms with E-state index >= 15 is 0 Å². The van der Waals surface area contributed by atoms with Crippen LogP contribution in [0.15, 0.2) is 91.4 Å². The van der Waals surface area contributed by atoms with Gasteiger partial charge in [0.2, 0.25) is 0 Å². The Hall–Kier alpha value is -4.72. The van der Waals surface area contributed by atoms with Gasteiger partial charge in [-0.05, 0) is 55.0 Å². The number of fused-ring (bicyclic) bond motifs is 3. The first-order chi connectivity index (χ1) is 17.3. The molecule has 0 aliphatic rings. The molecule has 6 rings (SSSR count). The summed E-state index contributed by atoms with van der Waals surface area (Å²) in [5, 5.41) is 10.0. The molecule has 35 heavy (non-hydrogen) atoms. The van der Waals surface area contributed by atoms with E-state index in [1.807, 2.05) is 90.5 Å². The highest BCUT2D eigenvalue weighted by molar-refractivity contribution is 5.90. The summed E-state index contributed by atoms with van der Waals surface area (Å²) in [6.45, 7) is 3.04. The van der Waals surface area contributed by atoms with Crippen LogP contribution >= 0.6 is 0 Å². The van der Waals surface area contributed by atoms with Gasteiger partial charge in [0.05, 0.1) is 23.9 Å². The van der Waals surface area contributed by atoms with E-state index in [0.29, 0.717) is 24.7 Å². The van der Waals surface area contributed by atoms with E-state index in [-0.39, 0.29) is 0 Å². The fourth-order valence-corrected chi connectivity index (χ4v) is 3.97. The van der Waals surface area contributed by atoms with Gasteiger partial charge in [-0.2, -0.15) is 5.10 Å². The van der Waals surface area contributed by atoms with Gasteiger partial charge in [-0.15, -0.1) is 5.10 Å². The summed E-state index contributed by atoms with van der Waals surface area (Å²) in [5.41, 5.74) is 4.32. The second-order valence-electron chi connectivity index (χ2n) is 7.97. The summed E-state index contributed by atoms with van der Waals surface area (Å²) in [7, 11) is 0. The minimum Gasteiger partial charge on any atom is -0.494 e. The van der Waals surface area contributed by atoms with Crippen LogP contribution in [0.4, 0.5) is 0 Å². The highest BCUT2D eigenvalue weighted by Gasteiger charge is 2.14. The summed E-state index contributed by atoms with van der Waals surface area (Å²) < 4.78 is 14.9. The maximum Gasteiger partial charge on any atom is 0.182 e. The Morgan fingerprint density at radius 3 is 2.43 bits per heavy atom. The fraction of sp³-hybridized carbons (Fsp3) is 0.111. The summed E-state index contributed by atoms with van der Waals surface area (Å²) >= 11 is 0. The van der Waals surface area contributed by atoms with Crippen LogP contribution in [0.2, 0.25) is 0 Å². The lowest BCUT2D eigenvalue weighted by Gasteiger charge is -2.08. The normalized spacial score (nSPS) is 11.2. The van der Waals surface area contributed by atoms with Gasteiger partial charge in [0.25, 0.3) is 0 Å². The van der Waals surface area contributed by atoms with Gasteiger partial charge in [-0.3, -0.25) is 0 Å². The quantitative estimate of drug-likeness (QED) is 0.328. The monoisotopic (exact) mass is 462 g/mol. The predicted molar refractivity (Wildman–Crippen MR) is 133 cm³/mol. The van der Waals surface area contributed by atoms with Crippen LogP contribution in [0, 0.1) is 0 Å². The second-order valence-corrected chi connectivity index (χ2v) is 7.97.